The second kappa shape index (κ2) is 4.48. The fraction of sp³-hybridized carbons (Fsp3) is 1.00. The maximum Gasteiger partial charge on any atom is -0.0321 e. The molecule has 2 saturated carbocycles. The van der Waals surface area contributed by atoms with Crippen LogP contribution in [0.5, 0.6) is 0 Å². The zero-order chi connectivity index (χ0) is 9.90. The Kier molecular flexibility index (Phi) is 3.82. The Bertz CT molecular complexity index is 146. The molecule has 0 aromatic carbocycles. The SMILES string of the molecule is CC.CC1CC2CCCC(C)(C1)C2. The van der Waals surface area contributed by atoms with E-state index >= 15 is 0 Å². The largest absolute Gasteiger partial charge is 0.0683 e. The van der Waals surface area contributed by atoms with Crippen LogP contribution in [0.15, 0.2) is 0 Å². The van der Waals surface area contributed by atoms with E-state index in [1.807, 2.05) is 13.8 Å². The molecule has 3 unspecified atom stereocenters. The van der Waals surface area contributed by atoms with E-state index < -0.39 is 0 Å². The molecule has 0 aromatic heterocycles. The zero-order valence-corrected chi connectivity index (χ0v) is 9.90. The van der Waals surface area contributed by atoms with E-state index in [1.54, 1.807) is 0 Å². The van der Waals surface area contributed by atoms with E-state index in [0.717, 1.165) is 17.3 Å². The van der Waals surface area contributed by atoms with Gasteiger partial charge in [-0.2, -0.15) is 0 Å². The summed E-state index contributed by atoms with van der Waals surface area (Å²) in [4.78, 5) is 0. The Morgan fingerprint density at radius 1 is 1.15 bits per heavy atom. The summed E-state index contributed by atoms with van der Waals surface area (Å²) in [5.41, 5.74) is 0.751. The highest BCUT2D eigenvalue weighted by Crippen LogP contribution is 2.50. The van der Waals surface area contributed by atoms with Gasteiger partial charge in [-0.3, -0.25) is 0 Å². The first-order valence-electron chi connectivity index (χ1n) is 6.18. The Labute approximate surface area is 84.1 Å². The van der Waals surface area contributed by atoms with Crippen molar-refractivity contribution in [1.82, 2.24) is 0 Å². The van der Waals surface area contributed by atoms with Crippen LogP contribution in [0.1, 0.15) is 66.2 Å². The summed E-state index contributed by atoms with van der Waals surface area (Å²) in [5, 5.41) is 0. The lowest BCUT2D eigenvalue weighted by Crippen LogP contribution is -2.33. The average molecular weight is 182 g/mol. The predicted octanol–water partition coefficient (Wildman–Crippen LogP) is 4.64. The summed E-state index contributed by atoms with van der Waals surface area (Å²) < 4.78 is 0. The fourth-order valence-corrected chi connectivity index (χ4v) is 3.60. The maximum absolute atomic E-state index is 2.51. The van der Waals surface area contributed by atoms with Crippen molar-refractivity contribution in [1.29, 1.82) is 0 Å². The van der Waals surface area contributed by atoms with Crippen LogP contribution in [0, 0.1) is 17.3 Å². The first kappa shape index (κ1) is 11.1. The molecule has 2 fully saturated rings. The molecular formula is C13H26. The van der Waals surface area contributed by atoms with Crippen LogP contribution >= 0.6 is 0 Å². The molecule has 0 heteroatoms. The molecule has 0 radical (unpaired) electrons. The molecule has 2 bridgehead atoms. The van der Waals surface area contributed by atoms with Crippen molar-refractivity contribution in [3.8, 4) is 0 Å². The molecule has 13 heavy (non-hydrogen) atoms. The van der Waals surface area contributed by atoms with Crippen molar-refractivity contribution in [2.75, 3.05) is 0 Å². The highest BCUT2D eigenvalue weighted by Gasteiger charge is 2.37. The quantitative estimate of drug-likeness (QED) is 0.512. The van der Waals surface area contributed by atoms with Crippen LogP contribution in [0.4, 0.5) is 0 Å². The summed E-state index contributed by atoms with van der Waals surface area (Å²) in [6.45, 7) is 8.95. The van der Waals surface area contributed by atoms with Crippen molar-refractivity contribution >= 4 is 0 Å². The third-order valence-electron chi connectivity index (χ3n) is 3.75. The van der Waals surface area contributed by atoms with Crippen LogP contribution in [0.25, 0.3) is 0 Å². The van der Waals surface area contributed by atoms with Gasteiger partial charge in [-0.15, -0.1) is 0 Å². The molecule has 0 aromatic rings. The molecule has 0 heterocycles. The first-order chi connectivity index (χ1) is 6.18. The average Bonchev–Trinajstić information content (AvgIpc) is 2.05. The van der Waals surface area contributed by atoms with Crippen LogP contribution < -0.4 is 0 Å². The predicted molar refractivity (Wildman–Crippen MR) is 59.8 cm³/mol. The minimum atomic E-state index is 0.751. The van der Waals surface area contributed by atoms with Gasteiger partial charge in [-0.25, -0.2) is 0 Å². The molecule has 0 nitrogen and oxygen atoms in total. The van der Waals surface area contributed by atoms with Gasteiger partial charge in [0.1, 0.15) is 0 Å². The van der Waals surface area contributed by atoms with E-state index in [0.29, 0.717) is 0 Å². The number of rotatable bonds is 0. The van der Waals surface area contributed by atoms with E-state index in [2.05, 4.69) is 13.8 Å². The molecule has 0 amide bonds. The molecule has 0 N–H and O–H groups in total. The standard InChI is InChI=1S/C11H20.C2H6/c1-9-6-10-4-3-5-11(2,7-9)8-10;1-2/h9-10H,3-8H2,1-2H3;1-2H3. The second-order valence-electron chi connectivity index (χ2n) is 5.32. The topological polar surface area (TPSA) is 0 Å². The molecule has 2 rings (SSSR count). The minimum absolute atomic E-state index is 0.751. The Hall–Kier alpha value is 0. The summed E-state index contributed by atoms with van der Waals surface area (Å²) >= 11 is 0. The molecule has 2 aliphatic rings. The van der Waals surface area contributed by atoms with Crippen molar-refractivity contribution < 1.29 is 0 Å². The van der Waals surface area contributed by atoms with Gasteiger partial charge in [0.25, 0.3) is 0 Å². The van der Waals surface area contributed by atoms with Gasteiger partial charge in [0.2, 0.25) is 0 Å². The molecular weight excluding hydrogens is 156 g/mol. The van der Waals surface area contributed by atoms with E-state index in [1.165, 1.54) is 38.5 Å². The molecule has 0 spiro atoms. The number of fused-ring (bicyclic) bond motifs is 2. The van der Waals surface area contributed by atoms with Crippen molar-refractivity contribution in [2.24, 2.45) is 17.3 Å². The summed E-state index contributed by atoms with van der Waals surface area (Å²) in [7, 11) is 0. The molecule has 78 valence electrons. The molecule has 3 atom stereocenters. The van der Waals surface area contributed by atoms with Gasteiger partial charge >= 0.3 is 0 Å². The zero-order valence-electron chi connectivity index (χ0n) is 9.90. The van der Waals surface area contributed by atoms with Crippen LogP contribution in [-0.4, -0.2) is 0 Å². The lowest BCUT2D eigenvalue weighted by atomic mass is 9.60. The van der Waals surface area contributed by atoms with Gasteiger partial charge in [0.05, 0.1) is 0 Å². The van der Waals surface area contributed by atoms with Gasteiger partial charge in [0.15, 0.2) is 0 Å². The van der Waals surface area contributed by atoms with Crippen LogP contribution in [-0.2, 0) is 0 Å². The Morgan fingerprint density at radius 2 is 1.85 bits per heavy atom. The maximum atomic E-state index is 2.51. The fourth-order valence-electron chi connectivity index (χ4n) is 3.60. The summed E-state index contributed by atoms with van der Waals surface area (Å²) in [6.07, 6.45) is 9.11. The van der Waals surface area contributed by atoms with Crippen molar-refractivity contribution in [2.45, 2.75) is 66.2 Å². The smallest absolute Gasteiger partial charge is 0.0321 e. The van der Waals surface area contributed by atoms with Gasteiger partial charge in [0, 0.05) is 0 Å². The third kappa shape index (κ3) is 2.72. The van der Waals surface area contributed by atoms with Gasteiger partial charge in [-0.05, 0) is 42.9 Å². The van der Waals surface area contributed by atoms with Gasteiger partial charge < -0.3 is 0 Å². The Balaban J connectivity index is 0.000000396. The molecule has 0 saturated heterocycles. The molecule has 0 aliphatic heterocycles. The second-order valence-corrected chi connectivity index (χ2v) is 5.32. The van der Waals surface area contributed by atoms with Crippen LogP contribution in [0.2, 0.25) is 0 Å². The minimum Gasteiger partial charge on any atom is -0.0683 e. The monoisotopic (exact) mass is 182 g/mol. The summed E-state index contributed by atoms with van der Waals surface area (Å²) in [6, 6.07) is 0. The third-order valence-corrected chi connectivity index (χ3v) is 3.75. The van der Waals surface area contributed by atoms with Crippen LogP contribution in [0.3, 0.4) is 0 Å². The van der Waals surface area contributed by atoms with E-state index in [-0.39, 0.29) is 0 Å². The number of hydrogen-bond donors (Lipinski definition) is 0. The Morgan fingerprint density at radius 3 is 2.46 bits per heavy atom. The number of hydrogen-bond acceptors (Lipinski definition) is 0. The van der Waals surface area contributed by atoms with E-state index in [9.17, 15) is 0 Å². The van der Waals surface area contributed by atoms with Gasteiger partial charge in [-0.1, -0.05) is 40.5 Å². The van der Waals surface area contributed by atoms with Crippen molar-refractivity contribution in [3.05, 3.63) is 0 Å². The lowest BCUT2D eigenvalue weighted by molar-refractivity contribution is 0.0619. The highest BCUT2D eigenvalue weighted by molar-refractivity contribution is 4.89. The highest BCUT2D eigenvalue weighted by atomic mass is 14.4. The lowest BCUT2D eigenvalue weighted by Gasteiger charge is -2.45. The van der Waals surface area contributed by atoms with Crippen molar-refractivity contribution in [3.63, 3.8) is 0 Å². The first-order valence-corrected chi connectivity index (χ1v) is 6.18. The summed E-state index contributed by atoms with van der Waals surface area (Å²) in [5.74, 6) is 2.11. The normalized spacial score (nSPS) is 43.4. The van der Waals surface area contributed by atoms with E-state index in [4.69, 9.17) is 0 Å². The molecule has 2 aliphatic carbocycles.